The number of benzene rings is 1. The lowest BCUT2D eigenvalue weighted by Gasteiger charge is -2.14. The van der Waals surface area contributed by atoms with Gasteiger partial charge in [-0.05, 0) is 52.0 Å². The van der Waals surface area contributed by atoms with Gasteiger partial charge in [-0.25, -0.2) is 18.4 Å². The van der Waals surface area contributed by atoms with Gasteiger partial charge >= 0.3 is 5.97 Å². The zero-order valence-corrected chi connectivity index (χ0v) is 15.6. The van der Waals surface area contributed by atoms with Crippen LogP contribution in [-0.2, 0) is 19.6 Å². The van der Waals surface area contributed by atoms with Crippen LogP contribution in [0.5, 0.6) is 0 Å². The van der Waals surface area contributed by atoms with E-state index < -0.39 is 28.0 Å². The molecule has 0 radical (unpaired) electrons. The average Bonchev–Trinajstić information content (AvgIpc) is 2.79. The molecule has 9 heteroatoms. The molecule has 2 rings (SSSR count). The van der Waals surface area contributed by atoms with Gasteiger partial charge in [0.2, 0.25) is 10.0 Å². The Labute approximate surface area is 151 Å². The van der Waals surface area contributed by atoms with Crippen molar-refractivity contribution in [2.75, 3.05) is 5.32 Å². The van der Waals surface area contributed by atoms with Crippen LogP contribution in [0.15, 0.2) is 33.6 Å². The van der Waals surface area contributed by atoms with Crippen molar-refractivity contribution in [2.24, 2.45) is 5.14 Å². The summed E-state index contributed by atoms with van der Waals surface area (Å²) in [6, 6.07) is 5.31. The third-order valence-corrected chi connectivity index (χ3v) is 4.80. The number of nitrogens with two attached hydrogens (primary N) is 1. The molecule has 1 amide bonds. The molecule has 140 valence electrons. The molecule has 8 nitrogen and oxygen atoms in total. The number of hydrogen-bond acceptors (Lipinski definition) is 6. The Morgan fingerprint density at radius 1 is 1.12 bits per heavy atom. The van der Waals surface area contributed by atoms with Gasteiger partial charge in [0.05, 0.1) is 4.90 Å². The zero-order valence-electron chi connectivity index (χ0n) is 14.8. The highest BCUT2D eigenvalue weighted by atomic mass is 32.2. The molecule has 0 spiro atoms. The van der Waals surface area contributed by atoms with Crippen LogP contribution in [0.3, 0.4) is 0 Å². The molecule has 1 atom stereocenters. The lowest BCUT2D eigenvalue weighted by molar-refractivity contribution is -0.123. The molecule has 1 aromatic heterocycles. The number of carbonyl (C=O) groups excluding carboxylic acids is 2. The number of amides is 1. The fraction of sp³-hybridized carbons (Fsp3) is 0.294. The number of anilines is 1. The molecular weight excluding hydrogens is 360 g/mol. The third kappa shape index (κ3) is 4.30. The number of furan rings is 1. The van der Waals surface area contributed by atoms with E-state index in [1.165, 1.54) is 31.2 Å². The summed E-state index contributed by atoms with van der Waals surface area (Å²) in [5, 5.41) is 7.55. The molecule has 0 saturated carbocycles. The molecule has 0 bridgehead atoms. The minimum atomic E-state index is -3.81. The van der Waals surface area contributed by atoms with Crippen LogP contribution in [0, 0.1) is 20.8 Å². The second-order valence-corrected chi connectivity index (χ2v) is 7.38. The maximum atomic E-state index is 12.3. The molecule has 2 aromatic rings. The quantitative estimate of drug-likeness (QED) is 0.764. The smallest absolute Gasteiger partial charge is 0.342 e. The molecule has 0 aliphatic carbocycles. The Bertz CT molecular complexity index is 944. The highest BCUT2D eigenvalue weighted by Gasteiger charge is 2.24. The summed E-state index contributed by atoms with van der Waals surface area (Å²) in [5.41, 5.74) is 1.31. The number of rotatable bonds is 5. The Morgan fingerprint density at radius 3 is 2.15 bits per heavy atom. The molecule has 0 aliphatic heterocycles. The van der Waals surface area contributed by atoms with E-state index in [9.17, 15) is 18.0 Å². The molecule has 0 unspecified atom stereocenters. The van der Waals surface area contributed by atoms with E-state index >= 15 is 0 Å². The van der Waals surface area contributed by atoms with Crippen LogP contribution < -0.4 is 10.5 Å². The number of hydrogen-bond donors (Lipinski definition) is 2. The zero-order chi connectivity index (χ0) is 19.6. The number of ether oxygens (including phenoxy) is 1. The van der Waals surface area contributed by atoms with Gasteiger partial charge in [-0.3, -0.25) is 4.79 Å². The summed E-state index contributed by atoms with van der Waals surface area (Å²) >= 11 is 0. The summed E-state index contributed by atoms with van der Waals surface area (Å²) < 4.78 is 33.0. The van der Waals surface area contributed by atoms with Crippen molar-refractivity contribution in [3.05, 3.63) is 46.9 Å². The van der Waals surface area contributed by atoms with Gasteiger partial charge in [-0.2, -0.15) is 0 Å². The first kappa shape index (κ1) is 19.7. The van der Waals surface area contributed by atoms with Gasteiger partial charge in [0, 0.05) is 11.3 Å². The average molecular weight is 380 g/mol. The first-order valence-electron chi connectivity index (χ1n) is 7.72. The first-order chi connectivity index (χ1) is 12.0. The minimum absolute atomic E-state index is 0.0729. The van der Waals surface area contributed by atoms with Crippen molar-refractivity contribution in [1.29, 1.82) is 0 Å². The van der Waals surface area contributed by atoms with Crippen molar-refractivity contribution in [3.8, 4) is 0 Å². The minimum Gasteiger partial charge on any atom is -0.465 e. The number of sulfonamides is 1. The highest BCUT2D eigenvalue weighted by Crippen LogP contribution is 2.22. The van der Waals surface area contributed by atoms with Crippen LogP contribution in [0.25, 0.3) is 0 Å². The molecule has 0 aliphatic rings. The summed E-state index contributed by atoms with van der Waals surface area (Å²) in [6.07, 6.45) is -1.06. The van der Waals surface area contributed by atoms with Gasteiger partial charge in [0.15, 0.2) is 6.10 Å². The molecule has 1 aromatic carbocycles. The molecule has 0 fully saturated rings. The molecular formula is C17H20N2O6S. The van der Waals surface area contributed by atoms with Crippen LogP contribution in [0.2, 0.25) is 0 Å². The predicted octanol–water partition coefficient (Wildman–Crippen LogP) is 2.04. The van der Waals surface area contributed by atoms with Crippen molar-refractivity contribution in [3.63, 3.8) is 0 Å². The van der Waals surface area contributed by atoms with E-state index in [1.807, 2.05) is 0 Å². The lowest BCUT2D eigenvalue weighted by Crippen LogP contribution is -2.30. The Morgan fingerprint density at radius 2 is 1.69 bits per heavy atom. The van der Waals surface area contributed by atoms with E-state index in [4.69, 9.17) is 14.3 Å². The van der Waals surface area contributed by atoms with Crippen LogP contribution in [0.1, 0.15) is 34.4 Å². The second-order valence-electron chi connectivity index (χ2n) is 5.82. The summed E-state index contributed by atoms with van der Waals surface area (Å²) in [5.74, 6) is -0.168. The standard InChI is InChI=1S/C17H20N2O6S/c1-9-10(2)24-11(3)15(9)17(21)25-12(4)16(20)19-13-5-7-14(8-6-13)26(18,22)23/h5-8,12H,1-4H3,(H,19,20)(H2,18,22,23)/t12-/m0/s1. The van der Waals surface area contributed by atoms with Crippen LogP contribution in [0.4, 0.5) is 5.69 Å². The number of primary sulfonamides is 1. The molecule has 26 heavy (non-hydrogen) atoms. The maximum Gasteiger partial charge on any atom is 0.342 e. The SMILES string of the molecule is Cc1oc(C)c(C(=O)O[C@@H](C)C(=O)Nc2ccc(S(N)(=O)=O)cc2)c1C. The van der Waals surface area contributed by atoms with E-state index in [0.29, 0.717) is 28.3 Å². The van der Waals surface area contributed by atoms with E-state index in [-0.39, 0.29) is 4.90 Å². The fourth-order valence-electron chi connectivity index (χ4n) is 2.34. The van der Waals surface area contributed by atoms with Crippen LogP contribution >= 0.6 is 0 Å². The normalized spacial score (nSPS) is 12.5. The van der Waals surface area contributed by atoms with Gasteiger partial charge < -0.3 is 14.5 Å². The number of aryl methyl sites for hydroxylation is 2. The van der Waals surface area contributed by atoms with E-state index in [0.717, 1.165) is 0 Å². The predicted molar refractivity (Wildman–Crippen MR) is 94.2 cm³/mol. The molecule has 0 saturated heterocycles. The lowest BCUT2D eigenvalue weighted by atomic mass is 10.1. The Hall–Kier alpha value is -2.65. The Kier molecular flexibility index (Phi) is 5.53. The first-order valence-corrected chi connectivity index (χ1v) is 9.26. The van der Waals surface area contributed by atoms with Gasteiger partial charge in [0.25, 0.3) is 5.91 Å². The summed E-state index contributed by atoms with van der Waals surface area (Å²) in [7, 11) is -3.81. The van der Waals surface area contributed by atoms with Crippen molar-refractivity contribution < 1.29 is 27.2 Å². The third-order valence-electron chi connectivity index (χ3n) is 3.87. The van der Waals surface area contributed by atoms with E-state index in [1.54, 1.807) is 20.8 Å². The monoisotopic (exact) mass is 380 g/mol. The summed E-state index contributed by atoms with van der Waals surface area (Å²) in [4.78, 5) is 24.4. The van der Waals surface area contributed by atoms with Crippen molar-refractivity contribution >= 4 is 27.6 Å². The van der Waals surface area contributed by atoms with Gasteiger partial charge in [0.1, 0.15) is 17.1 Å². The number of esters is 1. The number of carbonyl (C=O) groups is 2. The topological polar surface area (TPSA) is 129 Å². The molecule has 1 heterocycles. The largest absolute Gasteiger partial charge is 0.465 e. The van der Waals surface area contributed by atoms with Gasteiger partial charge in [-0.15, -0.1) is 0 Å². The summed E-state index contributed by atoms with van der Waals surface area (Å²) in [6.45, 7) is 6.55. The van der Waals surface area contributed by atoms with Gasteiger partial charge in [-0.1, -0.05) is 0 Å². The second kappa shape index (κ2) is 7.30. The van der Waals surface area contributed by atoms with Crippen molar-refractivity contribution in [1.82, 2.24) is 0 Å². The van der Waals surface area contributed by atoms with Crippen molar-refractivity contribution in [2.45, 2.75) is 38.7 Å². The Balaban J connectivity index is 2.04. The van der Waals surface area contributed by atoms with E-state index in [2.05, 4.69) is 5.32 Å². The number of nitrogens with one attached hydrogen (secondary N) is 1. The highest BCUT2D eigenvalue weighted by molar-refractivity contribution is 7.89. The van der Waals surface area contributed by atoms with Crippen LogP contribution in [-0.4, -0.2) is 26.4 Å². The molecule has 3 N–H and O–H groups in total. The fourth-order valence-corrected chi connectivity index (χ4v) is 2.85. The maximum absolute atomic E-state index is 12.3.